The third-order valence-electron chi connectivity index (χ3n) is 3.03. The molecule has 0 fully saturated rings. The predicted molar refractivity (Wildman–Crippen MR) is 96.8 cm³/mol. The van der Waals surface area contributed by atoms with E-state index in [0.29, 0.717) is 10.7 Å². The maximum absolute atomic E-state index is 12.0. The first-order chi connectivity index (χ1) is 10.6. The van der Waals surface area contributed by atoms with Gasteiger partial charge in [0.05, 0.1) is 5.56 Å². The van der Waals surface area contributed by atoms with Gasteiger partial charge in [-0.15, -0.1) is 0 Å². The molecule has 0 aliphatic rings. The zero-order valence-corrected chi connectivity index (χ0v) is 14.4. The molecule has 1 amide bonds. The Morgan fingerprint density at radius 3 is 2.41 bits per heavy atom. The quantitative estimate of drug-likeness (QED) is 0.564. The van der Waals surface area contributed by atoms with Gasteiger partial charge >= 0.3 is 0 Å². The fraction of sp³-hybridized carbons (Fsp3) is 0.125. The summed E-state index contributed by atoms with van der Waals surface area (Å²) in [7, 11) is 0. The molecular weight excluding hydrogens is 362 g/mol. The van der Waals surface area contributed by atoms with Gasteiger partial charge in [-0.05, 0) is 64.4 Å². The van der Waals surface area contributed by atoms with E-state index in [2.05, 4.69) is 39.0 Å². The Labute approximate surface area is 143 Å². The van der Waals surface area contributed by atoms with E-state index in [4.69, 9.17) is 12.2 Å². The van der Waals surface area contributed by atoms with Crippen molar-refractivity contribution >= 4 is 44.9 Å². The molecule has 0 atom stereocenters. The summed E-state index contributed by atoms with van der Waals surface area (Å²) < 4.78 is 0.725. The van der Waals surface area contributed by atoms with E-state index in [-0.39, 0.29) is 5.91 Å². The van der Waals surface area contributed by atoms with E-state index in [0.717, 1.165) is 16.6 Å². The van der Waals surface area contributed by atoms with E-state index < -0.39 is 0 Å². The minimum absolute atomic E-state index is 0.266. The van der Waals surface area contributed by atoms with Crippen molar-refractivity contribution in [1.82, 2.24) is 10.9 Å². The summed E-state index contributed by atoms with van der Waals surface area (Å²) in [4.78, 5) is 12.0. The number of amides is 1. The van der Waals surface area contributed by atoms with E-state index in [1.54, 1.807) is 18.2 Å². The molecule has 0 radical (unpaired) electrons. The lowest BCUT2D eigenvalue weighted by Crippen LogP contribution is -2.43. The Hall–Kier alpha value is -1.92. The highest BCUT2D eigenvalue weighted by Gasteiger charge is 2.08. The van der Waals surface area contributed by atoms with Gasteiger partial charge in [0.15, 0.2) is 5.11 Å². The average Bonchev–Trinajstić information content (AvgIpc) is 2.54. The van der Waals surface area contributed by atoms with E-state index in [9.17, 15) is 4.79 Å². The number of carbonyl (C=O) groups excluding carboxylic acids is 1. The van der Waals surface area contributed by atoms with Crippen LogP contribution in [0.4, 0.5) is 5.69 Å². The number of anilines is 1. The van der Waals surface area contributed by atoms with Crippen molar-refractivity contribution in [1.29, 1.82) is 0 Å². The lowest BCUT2D eigenvalue weighted by molar-refractivity contribution is 0.0943. The summed E-state index contributed by atoms with van der Waals surface area (Å²) in [6.07, 6.45) is 0.991. The van der Waals surface area contributed by atoms with Crippen molar-refractivity contribution in [2.24, 2.45) is 0 Å². The summed E-state index contributed by atoms with van der Waals surface area (Å²) in [6, 6.07) is 15.1. The second-order valence-corrected chi connectivity index (χ2v) is 5.83. The smallest absolute Gasteiger partial charge is 0.270 e. The Kier molecular flexibility index (Phi) is 5.91. The number of hydrogen-bond acceptors (Lipinski definition) is 2. The van der Waals surface area contributed by atoms with Gasteiger partial charge < -0.3 is 5.32 Å². The molecule has 0 aliphatic heterocycles. The molecule has 0 bridgehead atoms. The van der Waals surface area contributed by atoms with Crippen LogP contribution in [0.5, 0.6) is 0 Å². The number of nitrogens with one attached hydrogen (secondary N) is 3. The summed E-state index contributed by atoms with van der Waals surface area (Å²) in [5.41, 5.74) is 7.90. The molecule has 0 unspecified atom stereocenters. The Morgan fingerprint density at radius 1 is 1.09 bits per heavy atom. The number of rotatable bonds is 3. The van der Waals surface area contributed by atoms with Crippen LogP contribution in [0.15, 0.2) is 53.0 Å². The zero-order valence-electron chi connectivity index (χ0n) is 12.0. The first-order valence-electron chi connectivity index (χ1n) is 6.81. The molecule has 0 saturated carbocycles. The Bertz CT molecular complexity index is 673. The molecule has 0 heterocycles. The maximum Gasteiger partial charge on any atom is 0.270 e. The van der Waals surface area contributed by atoms with Crippen LogP contribution < -0.4 is 16.2 Å². The minimum Gasteiger partial charge on any atom is -0.331 e. The first kappa shape index (κ1) is 16.5. The van der Waals surface area contributed by atoms with E-state index in [1.165, 1.54) is 5.56 Å². The molecule has 0 aliphatic carbocycles. The van der Waals surface area contributed by atoms with Gasteiger partial charge in [-0.2, -0.15) is 0 Å². The zero-order chi connectivity index (χ0) is 15.9. The summed E-state index contributed by atoms with van der Waals surface area (Å²) >= 11 is 8.48. The van der Waals surface area contributed by atoms with Crippen LogP contribution in [0, 0.1) is 0 Å². The number of benzene rings is 2. The van der Waals surface area contributed by atoms with Crippen LogP contribution in [0.2, 0.25) is 0 Å². The fourth-order valence-corrected chi connectivity index (χ4v) is 2.45. The van der Waals surface area contributed by atoms with Crippen molar-refractivity contribution in [3.8, 4) is 0 Å². The van der Waals surface area contributed by atoms with Crippen LogP contribution in [0.3, 0.4) is 0 Å². The molecule has 6 heteroatoms. The van der Waals surface area contributed by atoms with Crippen molar-refractivity contribution in [2.45, 2.75) is 13.3 Å². The lowest BCUT2D eigenvalue weighted by Gasteiger charge is -2.12. The van der Waals surface area contributed by atoms with E-state index >= 15 is 0 Å². The minimum atomic E-state index is -0.266. The van der Waals surface area contributed by atoms with Crippen LogP contribution in [-0.2, 0) is 6.42 Å². The molecule has 22 heavy (non-hydrogen) atoms. The molecule has 0 aromatic heterocycles. The molecule has 4 nitrogen and oxygen atoms in total. The number of hydrogen-bond donors (Lipinski definition) is 3. The van der Waals surface area contributed by atoms with Crippen LogP contribution >= 0.6 is 28.1 Å². The van der Waals surface area contributed by atoms with Crippen molar-refractivity contribution in [3.05, 3.63) is 64.1 Å². The van der Waals surface area contributed by atoms with Gasteiger partial charge in [-0.25, -0.2) is 0 Å². The lowest BCUT2D eigenvalue weighted by atomic mass is 10.1. The van der Waals surface area contributed by atoms with Gasteiger partial charge in [-0.1, -0.05) is 31.2 Å². The highest BCUT2D eigenvalue weighted by atomic mass is 79.9. The number of hydrazine groups is 1. The molecule has 0 saturated heterocycles. The number of thiocarbonyl (C=S) groups is 1. The molecule has 2 rings (SSSR count). The predicted octanol–water partition coefficient (Wildman–Crippen LogP) is 3.64. The fourth-order valence-electron chi connectivity index (χ4n) is 1.81. The van der Waals surface area contributed by atoms with Crippen LogP contribution in [-0.4, -0.2) is 11.0 Å². The average molecular weight is 378 g/mol. The Balaban J connectivity index is 1.87. The number of aryl methyl sites for hydroxylation is 1. The Morgan fingerprint density at radius 2 is 1.77 bits per heavy atom. The van der Waals surface area contributed by atoms with Gasteiger partial charge in [-0.3, -0.25) is 15.6 Å². The largest absolute Gasteiger partial charge is 0.331 e. The monoisotopic (exact) mass is 377 g/mol. The van der Waals surface area contributed by atoms with Crippen molar-refractivity contribution < 1.29 is 4.79 Å². The van der Waals surface area contributed by atoms with Crippen molar-refractivity contribution in [3.63, 3.8) is 0 Å². The first-order valence-corrected chi connectivity index (χ1v) is 8.01. The van der Waals surface area contributed by atoms with Crippen LogP contribution in [0.25, 0.3) is 0 Å². The van der Waals surface area contributed by atoms with Gasteiger partial charge in [0.25, 0.3) is 5.91 Å². The maximum atomic E-state index is 12.0. The molecule has 0 spiro atoms. The molecule has 114 valence electrons. The number of carbonyl (C=O) groups is 1. The highest BCUT2D eigenvalue weighted by Crippen LogP contribution is 2.15. The second kappa shape index (κ2) is 7.91. The number of halogens is 1. The topological polar surface area (TPSA) is 53.2 Å². The van der Waals surface area contributed by atoms with E-state index in [1.807, 2.05) is 30.3 Å². The summed E-state index contributed by atoms with van der Waals surface area (Å²) in [6.45, 7) is 2.10. The molecule has 2 aromatic carbocycles. The summed E-state index contributed by atoms with van der Waals surface area (Å²) in [5.74, 6) is -0.266. The highest BCUT2D eigenvalue weighted by molar-refractivity contribution is 9.10. The van der Waals surface area contributed by atoms with Gasteiger partial charge in [0, 0.05) is 10.2 Å². The SMILES string of the molecule is CCc1ccc(NC(=S)NNC(=O)c2ccccc2Br)cc1. The summed E-state index contributed by atoms with van der Waals surface area (Å²) in [5, 5.41) is 3.33. The third-order valence-corrected chi connectivity index (χ3v) is 3.92. The van der Waals surface area contributed by atoms with Crippen LogP contribution in [0.1, 0.15) is 22.8 Å². The van der Waals surface area contributed by atoms with Gasteiger partial charge in [0.2, 0.25) is 0 Å². The molecule has 2 aromatic rings. The second-order valence-electron chi connectivity index (χ2n) is 4.56. The van der Waals surface area contributed by atoms with Gasteiger partial charge in [0.1, 0.15) is 0 Å². The third kappa shape index (κ3) is 4.54. The molecule has 3 N–H and O–H groups in total. The van der Waals surface area contributed by atoms with Crippen molar-refractivity contribution in [2.75, 3.05) is 5.32 Å². The normalized spacial score (nSPS) is 9.91. The molecular formula is C16H16BrN3OS. The standard InChI is InChI=1S/C16H16BrN3OS/c1-2-11-7-9-12(10-8-11)18-16(22)20-19-15(21)13-5-3-4-6-14(13)17/h3-10H,2H2,1H3,(H,19,21)(H2,18,20,22).